The molecule has 0 bridgehead atoms. The summed E-state index contributed by atoms with van der Waals surface area (Å²) >= 11 is 0. The number of carbonyl (C=O) groups excluding carboxylic acids is 1. The lowest BCUT2D eigenvalue weighted by Crippen LogP contribution is -2.43. The van der Waals surface area contributed by atoms with E-state index < -0.39 is 0 Å². The first-order chi connectivity index (χ1) is 13.7. The molecule has 7 heteroatoms. The normalized spacial score (nSPS) is 16.2. The zero-order chi connectivity index (χ0) is 19.5. The van der Waals surface area contributed by atoms with E-state index in [1.807, 2.05) is 37.3 Å². The Morgan fingerprint density at radius 3 is 2.82 bits per heavy atom. The summed E-state index contributed by atoms with van der Waals surface area (Å²) in [6.07, 6.45) is 2.36. The quantitative estimate of drug-likeness (QED) is 0.757. The summed E-state index contributed by atoms with van der Waals surface area (Å²) in [5.74, 6) is 0. The van der Waals surface area contributed by atoms with Gasteiger partial charge in [-0.25, -0.2) is 9.78 Å². The molecule has 0 spiro atoms. The molecule has 2 aromatic carbocycles. The molecular formula is C21H22N4O3. The SMILES string of the molecule is CCN(C(=O)Nc1ccc2ncn(-c3ccccc3)c(=O)c2c1)C1CCOC1. The predicted molar refractivity (Wildman–Crippen MR) is 108 cm³/mol. The molecule has 2 heterocycles. The van der Waals surface area contributed by atoms with Gasteiger partial charge in [0.2, 0.25) is 0 Å². The van der Waals surface area contributed by atoms with Gasteiger partial charge < -0.3 is 15.0 Å². The molecule has 4 rings (SSSR count). The molecule has 1 aromatic heterocycles. The molecule has 144 valence electrons. The number of fused-ring (bicyclic) bond motifs is 1. The maximum atomic E-state index is 12.9. The van der Waals surface area contributed by atoms with Crippen molar-refractivity contribution in [3.63, 3.8) is 0 Å². The Morgan fingerprint density at radius 2 is 2.11 bits per heavy atom. The second kappa shape index (κ2) is 7.82. The van der Waals surface area contributed by atoms with E-state index >= 15 is 0 Å². The number of rotatable bonds is 4. The van der Waals surface area contributed by atoms with Crippen molar-refractivity contribution < 1.29 is 9.53 Å². The third-order valence-corrected chi connectivity index (χ3v) is 4.99. The van der Waals surface area contributed by atoms with Gasteiger partial charge in [-0.05, 0) is 43.7 Å². The Kier molecular flexibility index (Phi) is 5.08. The van der Waals surface area contributed by atoms with Crippen LogP contribution in [-0.4, -0.2) is 46.3 Å². The van der Waals surface area contributed by atoms with E-state index in [9.17, 15) is 9.59 Å². The molecule has 1 fully saturated rings. The third-order valence-electron chi connectivity index (χ3n) is 4.99. The topological polar surface area (TPSA) is 76.5 Å². The second-order valence-electron chi connectivity index (χ2n) is 6.72. The van der Waals surface area contributed by atoms with Gasteiger partial charge in [-0.2, -0.15) is 0 Å². The maximum Gasteiger partial charge on any atom is 0.322 e. The van der Waals surface area contributed by atoms with Crippen molar-refractivity contribution in [2.24, 2.45) is 0 Å². The number of urea groups is 1. The van der Waals surface area contributed by atoms with Gasteiger partial charge in [0.15, 0.2) is 0 Å². The fourth-order valence-corrected chi connectivity index (χ4v) is 3.50. The number of hydrogen-bond acceptors (Lipinski definition) is 4. The van der Waals surface area contributed by atoms with Crippen LogP contribution in [0.4, 0.5) is 10.5 Å². The molecule has 2 amide bonds. The van der Waals surface area contributed by atoms with Gasteiger partial charge in [0.05, 0.1) is 29.2 Å². The molecular weight excluding hydrogens is 356 g/mol. The number of anilines is 1. The Hall–Kier alpha value is -3.19. The summed E-state index contributed by atoms with van der Waals surface area (Å²) < 4.78 is 6.90. The van der Waals surface area contributed by atoms with Gasteiger partial charge in [-0.15, -0.1) is 0 Å². The van der Waals surface area contributed by atoms with E-state index in [0.717, 1.165) is 12.1 Å². The number of hydrogen-bond donors (Lipinski definition) is 1. The van der Waals surface area contributed by atoms with Crippen molar-refractivity contribution in [2.45, 2.75) is 19.4 Å². The largest absolute Gasteiger partial charge is 0.379 e. The van der Waals surface area contributed by atoms with Crippen LogP contribution in [0.25, 0.3) is 16.6 Å². The molecule has 7 nitrogen and oxygen atoms in total. The lowest BCUT2D eigenvalue weighted by Gasteiger charge is -2.26. The maximum absolute atomic E-state index is 12.9. The fourth-order valence-electron chi connectivity index (χ4n) is 3.50. The Bertz CT molecular complexity index is 1040. The Morgan fingerprint density at radius 1 is 1.29 bits per heavy atom. The van der Waals surface area contributed by atoms with Crippen molar-refractivity contribution in [3.05, 3.63) is 65.2 Å². The minimum absolute atomic E-state index is 0.0856. The number of carbonyl (C=O) groups is 1. The minimum Gasteiger partial charge on any atom is -0.379 e. The van der Waals surface area contributed by atoms with Crippen LogP contribution in [0, 0.1) is 0 Å². The fraction of sp³-hybridized carbons (Fsp3) is 0.286. The third kappa shape index (κ3) is 3.48. The number of benzene rings is 2. The average Bonchev–Trinajstić information content (AvgIpc) is 3.24. The summed E-state index contributed by atoms with van der Waals surface area (Å²) in [5, 5.41) is 3.36. The molecule has 3 aromatic rings. The summed E-state index contributed by atoms with van der Waals surface area (Å²) in [6, 6.07) is 14.4. The predicted octanol–water partition coefficient (Wildman–Crippen LogP) is 3.03. The van der Waals surface area contributed by atoms with Crippen LogP contribution in [0.1, 0.15) is 13.3 Å². The van der Waals surface area contributed by atoms with Crippen molar-refractivity contribution >= 4 is 22.6 Å². The smallest absolute Gasteiger partial charge is 0.322 e. The molecule has 0 radical (unpaired) electrons. The number of amides is 2. The standard InChI is InChI=1S/C21H22N4O3/c1-2-24(17-10-11-28-13-17)21(27)23-15-8-9-19-18(12-15)20(26)25(14-22-19)16-6-4-3-5-7-16/h3-9,12,14,17H,2,10-11,13H2,1H3,(H,23,27). The summed E-state index contributed by atoms with van der Waals surface area (Å²) in [4.78, 5) is 31.8. The number of nitrogens with one attached hydrogen (secondary N) is 1. The van der Waals surface area contributed by atoms with Gasteiger partial charge in [-0.3, -0.25) is 9.36 Å². The van der Waals surface area contributed by atoms with Crippen molar-refractivity contribution in [2.75, 3.05) is 25.1 Å². The summed E-state index contributed by atoms with van der Waals surface area (Å²) in [7, 11) is 0. The Labute approximate surface area is 162 Å². The van der Waals surface area contributed by atoms with Gasteiger partial charge in [0.1, 0.15) is 6.33 Å². The first-order valence-electron chi connectivity index (χ1n) is 9.39. The van der Waals surface area contributed by atoms with Crippen LogP contribution in [0.3, 0.4) is 0 Å². The highest BCUT2D eigenvalue weighted by molar-refractivity contribution is 5.92. The molecule has 1 atom stereocenters. The van der Waals surface area contributed by atoms with E-state index in [2.05, 4.69) is 10.3 Å². The molecule has 1 saturated heterocycles. The van der Waals surface area contributed by atoms with Gasteiger partial charge in [0.25, 0.3) is 5.56 Å². The molecule has 1 aliphatic heterocycles. The van der Waals surface area contributed by atoms with Crippen LogP contribution in [0.2, 0.25) is 0 Å². The zero-order valence-corrected chi connectivity index (χ0v) is 15.7. The van der Waals surface area contributed by atoms with Crippen molar-refractivity contribution in [3.8, 4) is 5.69 Å². The number of ether oxygens (including phenoxy) is 1. The van der Waals surface area contributed by atoms with Crippen LogP contribution in [-0.2, 0) is 4.74 Å². The lowest BCUT2D eigenvalue weighted by atomic mass is 10.2. The van der Waals surface area contributed by atoms with Crippen LogP contribution < -0.4 is 10.9 Å². The molecule has 1 unspecified atom stereocenters. The van der Waals surface area contributed by atoms with Gasteiger partial charge in [-0.1, -0.05) is 18.2 Å². The van der Waals surface area contributed by atoms with Crippen LogP contribution in [0.5, 0.6) is 0 Å². The first kappa shape index (κ1) is 18.2. The number of aromatic nitrogens is 2. The van der Waals surface area contributed by atoms with Gasteiger partial charge in [0, 0.05) is 18.8 Å². The van der Waals surface area contributed by atoms with E-state index in [1.54, 1.807) is 23.1 Å². The first-order valence-corrected chi connectivity index (χ1v) is 9.39. The van der Waals surface area contributed by atoms with E-state index in [0.29, 0.717) is 36.3 Å². The molecule has 28 heavy (non-hydrogen) atoms. The summed E-state index contributed by atoms with van der Waals surface area (Å²) in [5.41, 5.74) is 1.73. The van der Waals surface area contributed by atoms with E-state index in [1.165, 1.54) is 10.9 Å². The number of likely N-dealkylation sites (N-methyl/N-ethyl adjacent to an activating group) is 1. The zero-order valence-electron chi connectivity index (χ0n) is 15.7. The van der Waals surface area contributed by atoms with E-state index in [4.69, 9.17) is 4.74 Å². The number of para-hydroxylation sites is 1. The monoisotopic (exact) mass is 378 g/mol. The molecule has 0 saturated carbocycles. The van der Waals surface area contributed by atoms with Gasteiger partial charge >= 0.3 is 6.03 Å². The number of nitrogens with zero attached hydrogens (tertiary/aromatic N) is 3. The summed E-state index contributed by atoms with van der Waals surface area (Å²) in [6.45, 7) is 3.77. The average molecular weight is 378 g/mol. The highest BCUT2D eigenvalue weighted by Gasteiger charge is 2.26. The van der Waals surface area contributed by atoms with Crippen molar-refractivity contribution in [1.82, 2.24) is 14.5 Å². The minimum atomic E-state index is -0.190. The van der Waals surface area contributed by atoms with Crippen LogP contribution >= 0.6 is 0 Å². The lowest BCUT2D eigenvalue weighted by molar-refractivity contribution is 0.156. The molecule has 1 aliphatic rings. The Balaban J connectivity index is 1.64. The van der Waals surface area contributed by atoms with Crippen LogP contribution in [0.15, 0.2) is 59.7 Å². The highest BCUT2D eigenvalue weighted by atomic mass is 16.5. The molecule has 0 aliphatic carbocycles. The van der Waals surface area contributed by atoms with Crippen molar-refractivity contribution in [1.29, 1.82) is 0 Å². The second-order valence-corrected chi connectivity index (χ2v) is 6.72. The van der Waals surface area contributed by atoms with E-state index in [-0.39, 0.29) is 17.6 Å². The highest BCUT2D eigenvalue weighted by Crippen LogP contribution is 2.18. The molecule has 1 N–H and O–H groups in total.